The summed E-state index contributed by atoms with van der Waals surface area (Å²) < 4.78 is 9.23. The first kappa shape index (κ1) is 48.8. The van der Waals surface area contributed by atoms with Gasteiger partial charge in [-0.2, -0.15) is 6.07 Å². The minimum absolute atomic E-state index is 0. The van der Waals surface area contributed by atoms with Crippen LogP contribution < -0.4 is 14.5 Å². The number of ether oxygens (including phenoxy) is 1. The Morgan fingerprint density at radius 2 is 1.15 bits per heavy atom. The fourth-order valence-electron chi connectivity index (χ4n) is 8.84. The Balaban J connectivity index is 0.00000648. The molecule has 0 unspecified atom stereocenters. The van der Waals surface area contributed by atoms with Crippen LogP contribution in [0.5, 0.6) is 11.5 Å². The first-order chi connectivity index (χ1) is 30.4. The van der Waals surface area contributed by atoms with Gasteiger partial charge in [-0.05, 0) is 121 Å². The molecule has 8 rings (SSSR count). The van der Waals surface area contributed by atoms with Crippen LogP contribution in [0.2, 0.25) is 0 Å². The Labute approximate surface area is 410 Å². The van der Waals surface area contributed by atoms with E-state index in [1.165, 1.54) is 44.3 Å². The SMILES string of the molecule is CC(C)c1cccc(C(C)C)c1-c1cc(Oc2[c-]c3c(cc2)c2cc(C(C)(C)C)ccc2n3-c2cc(C(C)(C)C)ccn2)[c-]c(N2C=CN(c3cc(C(C)(C)C)cc(C(C)(C)C)c3)[CH-]2)c1.[Pt]. The summed E-state index contributed by atoms with van der Waals surface area (Å²) in [5.41, 5.74) is 14.1. The molecule has 0 spiro atoms. The zero-order valence-electron chi connectivity index (χ0n) is 42.1. The third-order valence-corrected chi connectivity index (χ3v) is 12.9. The number of anilines is 2. The van der Waals surface area contributed by atoms with Gasteiger partial charge in [-0.15, -0.1) is 53.6 Å². The number of nitrogens with zero attached hydrogens (tertiary/aromatic N) is 4. The van der Waals surface area contributed by atoms with Crippen LogP contribution in [0.25, 0.3) is 38.8 Å². The van der Waals surface area contributed by atoms with Crippen molar-refractivity contribution < 1.29 is 25.8 Å². The smallest absolute Gasteiger partial charge is 0.135 e. The van der Waals surface area contributed by atoms with Gasteiger partial charge in [0.1, 0.15) is 5.82 Å². The molecule has 7 aromatic rings. The number of hydrogen-bond donors (Lipinski definition) is 0. The van der Waals surface area contributed by atoms with Crippen molar-refractivity contribution in [1.29, 1.82) is 0 Å². The van der Waals surface area contributed by atoms with E-state index in [9.17, 15) is 0 Å². The van der Waals surface area contributed by atoms with Gasteiger partial charge in [0.05, 0.1) is 0 Å². The number of pyridine rings is 1. The molecule has 3 heterocycles. The van der Waals surface area contributed by atoms with Crippen LogP contribution in [0.15, 0.2) is 110 Å². The molecule has 0 radical (unpaired) electrons. The zero-order valence-corrected chi connectivity index (χ0v) is 44.4. The maximum absolute atomic E-state index is 6.99. The molecular weight excluding hydrogens is 988 g/mol. The Bertz CT molecular complexity index is 2880. The van der Waals surface area contributed by atoms with Crippen molar-refractivity contribution in [2.45, 2.75) is 144 Å². The van der Waals surface area contributed by atoms with E-state index in [0.717, 1.165) is 39.2 Å². The maximum atomic E-state index is 6.99. The van der Waals surface area contributed by atoms with E-state index in [2.05, 4.69) is 247 Å². The molecule has 0 bridgehead atoms. The van der Waals surface area contributed by atoms with E-state index < -0.39 is 0 Å². The summed E-state index contributed by atoms with van der Waals surface area (Å²) in [5, 5.41) is 2.28. The Kier molecular flexibility index (Phi) is 13.2. The van der Waals surface area contributed by atoms with Gasteiger partial charge in [0.25, 0.3) is 0 Å². The standard InChI is InChI=1S/C60H69N4O.Pt/c1-38(2)49-18-17-19-50(39(3)4)56(49)40-28-45(62-26-27-63(37-62)46-31-43(59(11,12)13)30-44(32-46)60(14,15)16)35-48(29-40)65-47-21-22-51-52-33-41(57(5,6)7)20-23-53(52)64(54(51)36-47)55-34-42(24-25-61-55)58(8,9)10;/h17-34,37-39H,1-16H3;/q-3;. The van der Waals surface area contributed by atoms with E-state index >= 15 is 0 Å². The average molecular weight is 1060 g/mol. The second-order valence-corrected chi connectivity index (χ2v) is 22.9. The van der Waals surface area contributed by atoms with Crippen molar-refractivity contribution in [3.05, 3.63) is 162 Å². The number of benzene rings is 5. The van der Waals surface area contributed by atoms with Gasteiger partial charge in [0.2, 0.25) is 0 Å². The molecule has 1 aliphatic rings. The molecule has 0 amide bonds. The maximum Gasteiger partial charge on any atom is 0.135 e. The summed E-state index contributed by atoms with van der Waals surface area (Å²) in [7, 11) is 0. The first-order valence-corrected chi connectivity index (χ1v) is 23.5. The van der Waals surface area contributed by atoms with Gasteiger partial charge < -0.3 is 19.1 Å². The molecular formula is C60H69N4OPt-3. The molecule has 6 heteroatoms. The van der Waals surface area contributed by atoms with Gasteiger partial charge in [0.15, 0.2) is 0 Å². The van der Waals surface area contributed by atoms with Crippen molar-refractivity contribution in [1.82, 2.24) is 9.55 Å². The van der Waals surface area contributed by atoms with E-state index in [4.69, 9.17) is 9.72 Å². The van der Waals surface area contributed by atoms with Crippen LogP contribution in [0.3, 0.4) is 0 Å². The molecule has 0 saturated carbocycles. The van der Waals surface area contributed by atoms with Crippen molar-refractivity contribution in [2.24, 2.45) is 0 Å². The molecule has 0 saturated heterocycles. The van der Waals surface area contributed by atoms with Crippen molar-refractivity contribution in [3.63, 3.8) is 0 Å². The molecule has 0 N–H and O–H groups in total. The average Bonchev–Trinajstić information content (AvgIpc) is 3.85. The fourth-order valence-corrected chi connectivity index (χ4v) is 8.84. The molecule has 348 valence electrons. The first-order valence-electron chi connectivity index (χ1n) is 23.5. The summed E-state index contributed by atoms with van der Waals surface area (Å²) in [4.78, 5) is 9.35. The van der Waals surface area contributed by atoms with Crippen LogP contribution in [-0.2, 0) is 42.7 Å². The number of rotatable bonds is 8. The second kappa shape index (κ2) is 17.8. The minimum atomic E-state index is -0.0408. The van der Waals surface area contributed by atoms with E-state index in [0.29, 0.717) is 23.3 Å². The summed E-state index contributed by atoms with van der Waals surface area (Å²) >= 11 is 0. The third-order valence-electron chi connectivity index (χ3n) is 12.9. The largest absolute Gasteiger partial charge is 0.509 e. The minimum Gasteiger partial charge on any atom is -0.509 e. The van der Waals surface area contributed by atoms with Gasteiger partial charge in [0, 0.05) is 50.0 Å². The monoisotopic (exact) mass is 1060 g/mol. The molecule has 5 nitrogen and oxygen atoms in total. The predicted molar refractivity (Wildman–Crippen MR) is 276 cm³/mol. The molecule has 5 aromatic carbocycles. The number of aromatic nitrogens is 2. The Hall–Kier alpha value is -5.12. The van der Waals surface area contributed by atoms with E-state index in [1.807, 2.05) is 6.20 Å². The molecule has 0 fully saturated rings. The fraction of sp³-hybridized carbons (Fsp3) is 0.367. The van der Waals surface area contributed by atoms with E-state index in [1.54, 1.807) is 0 Å². The Morgan fingerprint density at radius 3 is 1.74 bits per heavy atom. The number of fused-ring (bicyclic) bond motifs is 3. The van der Waals surface area contributed by atoms with Crippen molar-refractivity contribution >= 4 is 33.2 Å². The molecule has 1 aliphatic heterocycles. The van der Waals surface area contributed by atoms with Crippen LogP contribution in [-0.4, -0.2) is 9.55 Å². The van der Waals surface area contributed by atoms with Gasteiger partial charge in [-0.3, -0.25) is 0 Å². The van der Waals surface area contributed by atoms with Crippen LogP contribution in [0.1, 0.15) is 156 Å². The van der Waals surface area contributed by atoms with Crippen LogP contribution >= 0.6 is 0 Å². The van der Waals surface area contributed by atoms with Gasteiger partial charge in [-0.25, -0.2) is 4.98 Å². The quantitative estimate of drug-likeness (QED) is 0.142. The summed E-state index contributed by atoms with van der Waals surface area (Å²) in [6.45, 7) is 38.5. The normalized spacial score (nSPS) is 13.7. The topological polar surface area (TPSA) is 33.5 Å². The van der Waals surface area contributed by atoms with Gasteiger partial charge >= 0.3 is 0 Å². The summed E-state index contributed by atoms with van der Waals surface area (Å²) in [5.74, 6) is 2.74. The van der Waals surface area contributed by atoms with Crippen LogP contribution in [0.4, 0.5) is 11.4 Å². The van der Waals surface area contributed by atoms with Crippen LogP contribution in [0, 0.1) is 18.8 Å². The summed E-state index contributed by atoms with van der Waals surface area (Å²) in [6, 6.07) is 41.1. The molecule has 2 aromatic heterocycles. The Morgan fingerprint density at radius 1 is 0.561 bits per heavy atom. The van der Waals surface area contributed by atoms with Crippen molar-refractivity contribution in [2.75, 3.05) is 9.80 Å². The number of hydrogen-bond acceptors (Lipinski definition) is 4. The zero-order chi connectivity index (χ0) is 47.0. The van der Waals surface area contributed by atoms with E-state index in [-0.39, 0.29) is 42.7 Å². The van der Waals surface area contributed by atoms with Crippen molar-refractivity contribution in [3.8, 4) is 28.4 Å². The molecule has 0 atom stereocenters. The second-order valence-electron chi connectivity index (χ2n) is 22.9. The molecule has 66 heavy (non-hydrogen) atoms. The predicted octanol–water partition coefficient (Wildman–Crippen LogP) is 16.6. The summed E-state index contributed by atoms with van der Waals surface area (Å²) in [6.07, 6.45) is 6.19. The van der Waals surface area contributed by atoms with Gasteiger partial charge in [-0.1, -0.05) is 153 Å². The molecule has 0 aliphatic carbocycles. The third kappa shape index (κ3) is 9.80.